The highest BCUT2D eigenvalue weighted by Gasteiger charge is 2.22. The van der Waals surface area contributed by atoms with Crippen LogP contribution in [0.3, 0.4) is 0 Å². The summed E-state index contributed by atoms with van der Waals surface area (Å²) in [6.07, 6.45) is 1.09. The first-order valence-corrected chi connectivity index (χ1v) is 8.47. The molecule has 1 unspecified atom stereocenters. The van der Waals surface area contributed by atoms with Crippen LogP contribution in [-0.2, 0) is 6.54 Å². The molecule has 1 atom stereocenters. The number of anilines is 1. The monoisotopic (exact) mass is 374 g/mol. The lowest BCUT2D eigenvalue weighted by atomic mass is 10.1. The van der Waals surface area contributed by atoms with Crippen LogP contribution in [0, 0.1) is 0 Å². The third kappa shape index (κ3) is 4.12. The van der Waals surface area contributed by atoms with Gasteiger partial charge in [0.1, 0.15) is 0 Å². The molecule has 120 valence electrons. The number of aromatic carboxylic acids is 1. The first kappa shape index (κ1) is 16.0. The van der Waals surface area contributed by atoms with Gasteiger partial charge in [0.25, 0.3) is 0 Å². The van der Waals surface area contributed by atoms with Crippen molar-refractivity contribution in [1.29, 1.82) is 0 Å². The number of hydrogen-bond donors (Lipinski definition) is 2. The number of hydrogen-bond acceptors (Lipinski definition) is 3. The Bertz CT molecular complexity index is 705. The van der Waals surface area contributed by atoms with Gasteiger partial charge >= 0.3 is 5.97 Å². The molecule has 4 nitrogen and oxygen atoms in total. The lowest BCUT2D eigenvalue weighted by molar-refractivity contribution is 0.0696. The summed E-state index contributed by atoms with van der Waals surface area (Å²) in [7, 11) is 0. The van der Waals surface area contributed by atoms with Gasteiger partial charge in [0.05, 0.1) is 5.56 Å². The number of halogens is 1. The maximum atomic E-state index is 11.0. The van der Waals surface area contributed by atoms with Crippen LogP contribution in [0.4, 0.5) is 5.69 Å². The zero-order valence-corrected chi connectivity index (χ0v) is 14.3. The summed E-state index contributed by atoms with van der Waals surface area (Å²) in [5, 5.41) is 12.6. The highest BCUT2D eigenvalue weighted by atomic mass is 79.9. The average Bonchev–Trinajstić information content (AvgIpc) is 3.02. The Labute approximate surface area is 144 Å². The van der Waals surface area contributed by atoms with E-state index < -0.39 is 5.97 Å². The summed E-state index contributed by atoms with van der Waals surface area (Å²) in [5.41, 5.74) is 2.58. The molecule has 0 spiro atoms. The molecule has 0 amide bonds. The number of nitrogens with zero attached hydrogens (tertiary/aromatic N) is 1. The van der Waals surface area contributed by atoms with Gasteiger partial charge in [-0.15, -0.1) is 0 Å². The van der Waals surface area contributed by atoms with E-state index >= 15 is 0 Å². The second-order valence-electron chi connectivity index (χ2n) is 5.80. The summed E-state index contributed by atoms with van der Waals surface area (Å²) < 4.78 is 1.09. The number of carboxylic acid groups (broad SMARTS) is 1. The van der Waals surface area contributed by atoms with Gasteiger partial charge in [0.15, 0.2) is 0 Å². The summed E-state index contributed by atoms with van der Waals surface area (Å²) in [4.78, 5) is 13.4. The van der Waals surface area contributed by atoms with Gasteiger partial charge < -0.3 is 15.3 Å². The first-order valence-electron chi connectivity index (χ1n) is 7.68. The second-order valence-corrected chi connectivity index (χ2v) is 6.71. The minimum absolute atomic E-state index is 0.339. The predicted molar refractivity (Wildman–Crippen MR) is 95.0 cm³/mol. The largest absolute Gasteiger partial charge is 0.478 e. The van der Waals surface area contributed by atoms with Gasteiger partial charge in [-0.05, 0) is 42.3 Å². The molecule has 0 aromatic heterocycles. The molecule has 1 aliphatic rings. The summed E-state index contributed by atoms with van der Waals surface area (Å²) >= 11 is 3.51. The Kier molecular flexibility index (Phi) is 4.98. The van der Waals surface area contributed by atoms with E-state index in [1.807, 2.05) is 12.1 Å². The summed E-state index contributed by atoms with van der Waals surface area (Å²) in [5.74, 6) is -0.881. The molecule has 0 bridgehead atoms. The molecule has 1 saturated heterocycles. The van der Waals surface area contributed by atoms with Crippen molar-refractivity contribution in [1.82, 2.24) is 5.32 Å². The molecule has 0 aliphatic carbocycles. The van der Waals surface area contributed by atoms with Crippen LogP contribution in [0.2, 0.25) is 0 Å². The molecule has 2 aromatic rings. The molecule has 23 heavy (non-hydrogen) atoms. The molecule has 1 fully saturated rings. The van der Waals surface area contributed by atoms with Gasteiger partial charge in [-0.3, -0.25) is 0 Å². The molecule has 5 heteroatoms. The number of benzene rings is 2. The van der Waals surface area contributed by atoms with Crippen LogP contribution in [0.15, 0.2) is 53.0 Å². The number of nitrogens with one attached hydrogen (secondary N) is 1. The van der Waals surface area contributed by atoms with E-state index in [4.69, 9.17) is 5.11 Å². The fraction of sp³-hybridized carbons (Fsp3) is 0.278. The normalized spacial score (nSPS) is 17.4. The van der Waals surface area contributed by atoms with Gasteiger partial charge in [-0.2, -0.15) is 0 Å². The third-order valence-corrected chi connectivity index (χ3v) is 4.62. The fourth-order valence-corrected chi connectivity index (χ4v) is 3.30. The van der Waals surface area contributed by atoms with E-state index in [0.29, 0.717) is 18.2 Å². The van der Waals surface area contributed by atoms with Crippen LogP contribution in [0.5, 0.6) is 0 Å². The van der Waals surface area contributed by atoms with E-state index in [-0.39, 0.29) is 0 Å². The molecule has 2 aromatic carbocycles. The molecule has 0 saturated carbocycles. The van der Waals surface area contributed by atoms with Crippen LogP contribution in [0.1, 0.15) is 22.3 Å². The van der Waals surface area contributed by atoms with Gasteiger partial charge in [0.2, 0.25) is 0 Å². The van der Waals surface area contributed by atoms with Crippen LogP contribution in [-0.4, -0.2) is 30.2 Å². The number of carboxylic acids is 1. The zero-order chi connectivity index (χ0) is 16.2. The Morgan fingerprint density at radius 2 is 2.09 bits per heavy atom. The third-order valence-electron chi connectivity index (χ3n) is 4.13. The van der Waals surface area contributed by atoms with E-state index in [9.17, 15) is 4.79 Å². The average molecular weight is 375 g/mol. The van der Waals surface area contributed by atoms with Crippen LogP contribution in [0.25, 0.3) is 0 Å². The van der Waals surface area contributed by atoms with Crippen molar-refractivity contribution >= 4 is 27.6 Å². The van der Waals surface area contributed by atoms with Crippen molar-refractivity contribution in [3.8, 4) is 0 Å². The molecule has 2 N–H and O–H groups in total. The van der Waals surface area contributed by atoms with Crippen LogP contribution >= 0.6 is 15.9 Å². The van der Waals surface area contributed by atoms with E-state index in [1.54, 1.807) is 18.2 Å². The van der Waals surface area contributed by atoms with E-state index in [1.165, 1.54) is 5.69 Å². The minimum Gasteiger partial charge on any atom is -0.478 e. The standard InChI is InChI=1S/C18H19BrN2O2/c19-15-5-2-6-17(10-15)21-8-7-16(12-21)20-11-13-3-1-4-14(9-13)18(22)23/h1-6,9-10,16,20H,7-8,11-12H2,(H,22,23). The van der Waals surface area contributed by atoms with Crippen molar-refractivity contribution in [2.24, 2.45) is 0 Å². The fourth-order valence-electron chi connectivity index (χ4n) is 2.91. The Hall–Kier alpha value is -1.85. The summed E-state index contributed by atoms with van der Waals surface area (Å²) in [6, 6.07) is 15.9. The molecular formula is C18H19BrN2O2. The smallest absolute Gasteiger partial charge is 0.335 e. The van der Waals surface area contributed by atoms with Crippen molar-refractivity contribution in [3.05, 3.63) is 64.1 Å². The van der Waals surface area contributed by atoms with Gasteiger partial charge in [0, 0.05) is 35.8 Å². The molecule has 3 rings (SSSR count). The maximum Gasteiger partial charge on any atom is 0.335 e. The Balaban J connectivity index is 1.56. The quantitative estimate of drug-likeness (QED) is 0.840. The second kappa shape index (κ2) is 7.15. The Morgan fingerprint density at radius 1 is 1.26 bits per heavy atom. The zero-order valence-electron chi connectivity index (χ0n) is 12.7. The highest BCUT2D eigenvalue weighted by molar-refractivity contribution is 9.10. The Morgan fingerprint density at radius 3 is 2.87 bits per heavy atom. The van der Waals surface area contributed by atoms with Gasteiger partial charge in [-0.25, -0.2) is 4.79 Å². The molecule has 1 heterocycles. The van der Waals surface area contributed by atoms with Crippen molar-refractivity contribution in [3.63, 3.8) is 0 Å². The molecular weight excluding hydrogens is 356 g/mol. The van der Waals surface area contributed by atoms with Crippen molar-refractivity contribution in [2.45, 2.75) is 19.0 Å². The lowest BCUT2D eigenvalue weighted by Crippen LogP contribution is -2.32. The maximum absolute atomic E-state index is 11.0. The number of carbonyl (C=O) groups is 1. The van der Waals surface area contributed by atoms with Crippen molar-refractivity contribution < 1.29 is 9.90 Å². The van der Waals surface area contributed by atoms with Crippen LogP contribution < -0.4 is 10.2 Å². The first-order chi connectivity index (χ1) is 11.1. The molecule has 0 radical (unpaired) electrons. The lowest BCUT2D eigenvalue weighted by Gasteiger charge is -2.19. The molecule has 1 aliphatic heterocycles. The highest BCUT2D eigenvalue weighted by Crippen LogP contribution is 2.23. The summed E-state index contributed by atoms with van der Waals surface area (Å²) in [6.45, 7) is 2.69. The number of rotatable bonds is 5. The van der Waals surface area contributed by atoms with E-state index in [2.05, 4.69) is 44.3 Å². The SMILES string of the molecule is O=C(O)c1cccc(CNC2CCN(c3cccc(Br)c3)C2)c1. The predicted octanol–water partition coefficient (Wildman–Crippen LogP) is 3.52. The van der Waals surface area contributed by atoms with Crippen molar-refractivity contribution in [2.75, 3.05) is 18.0 Å². The van der Waals surface area contributed by atoms with E-state index in [0.717, 1.165) is 29.5 Å². The van der Waals surface area contributed by atoms with Gasteiger partial charge in [-0.1, -0.05) is 34.1 Å². The minimum atomic E-state index is -0.881. The topological polar surface area (TPSA) is 52.6 Å².